The van der Waals surface area contributed by atoms with Crippen molar-refractivity contribution in [3.63, 3.8) is 0 Å². The topological polar surface area (TPSA) is 59.2 Å². The van der Waals surface area contributed by atoms with Crippen molar-refractivity contribution in [1.29, 1.82) is 0 Å². The van der Waals surface area contributed by atoms with E-state index in [0.29, 0.717) is 5.65 Å². The summed E-state index contributed by atoms with van der Waals surface area (Å²) in [5, 5.41) is 12.3. The Labute approximate surface area is 102 Å². The normalized spacial score (nSPS) is 12.0. The van der Waals surface area contributed by atoms with E-state index in [9.17, 15) is 0 Å². The maximum absolute atomic E-state index is 4.13. The van der Waals surface area contributed by atoms with E-state index in [-0.39, 0.29) is 5.54 Å². The Morgan fingerprint density at radius 1 is 1.44 bits per heavy atom. The van der Waals surface area contributed by atoms with Gasteiger partial charge in [-0.05, 0) is 24.3 Å². The summed E-state index contributed by atoms with van der Waals surface area (Å²) in [5.74, 6) is 0.868. The number of hydrogen-bond acceptors (Lipinski definition) is 5. The molecule has 0 atom stereocenters. The summed E-state index contributed by atoms with van der Waals surface area (Å²) in [6.45, 7) is 4.26. The molecule has 16 heavy (non-hydrogen) atoms. The second-order valence-corrected chi connectivity index (χ2v) is 4.78. The van der Waals surface area contributed by atoms with Crippen LogP contribution in [0.15, 0.2) is 12.4 Å². The Bertz CT molecular complexity index is 493. The molecule has 0 unspecified atom stereocenters. The third-order valence-electron chi connectivity index (χ3n) is 2.67. The maximum atomic E-state index is 4.13. The summed E-state index contributed by atoms with van der Waals surface area (Å²) in [6, 6.07) is 0. The molecule has 0 spiro atoms. The summed E-state index contributed by atoms with van der Waals surface area (Å²) in [5.41, 5.74) is 0.608. The predicted octanol–water partition coefficient (Wildman–Crippen LogP) is 1.13. The van der Waals surface area contributed by atoms with Crippen LogP contribution in [0, 0.1) is 0 Å². The van der Waals surface area contributed by atoms with E-state index < -0.39 is 0 Å². The number of aromatic nitrogens is 5. The molecule has 6 nitrogen and oxygen atoms in total. The van der Waals surface area contributed by atoms with Crippen molar-refractivity contribution in [3.05, 3.63) is 12.4 Å². The molecule has 2 rings (SSSR count). The predicted molar refractivity (Wildman–Crippen MR) is 64.9 cm³/mol. The van der Waals surface area contributed by atoms with Gasteiger partial charge in [0, 0.05) is 17.9 Å². The van der Waals surface area contributed by atoms with E-state index in [1.165, 1.54) is 0 Å². The fourth-order valence-corrected chi connectivity index (χ4v) is 1.67. The van der Waals surface area contributed by atoms with E-state index in [4.69, 9.17) is 0 Å². The molecule has 2 heterocycles. The number of fused-ring (bicyclic) bond motifs is 1. The quantitative estimate of drug-likeness (QED) is 0.791. The number of alkyl halides is 1. The number of nitrogens with zero attached hydrogens (tertiary/aromatic N) is 6. The van der Waals surface area contributed by atoms with Crippen LogP contribution in [0.25, 0.3) is 5.65 Å². The average molecular weight is 285 g/mol. The standard InChI is InChI=1S/C9H13BrN6/c1-9(2,6-10)15(3)8-5-11-4-7-12-13-14-16(7)8/h4-5H,6H2,1-3H3. The summed E-state index contributed by atoms with van der Waals surface area (Å²) in [4.78, 5) is 6.23. The Hall–Kier alpha value is -1.24. The van der Waals surface area contributed by atoms with Gasteiger partial charge in [-0.25, -0.2) is 0 Å². The zero-order valence-electron chi connectivity index (χ0n) is 9.42. The molecule has 0 aliphatic heterocycles. The van der Waals surface area contributed by atoms with Gasteiger partial charge >= 0.3 is 0 Å². The first-order chi connectivity index (χ1) is 7.56. The van der Waals surface area contributed by atoms with E-state index in [2.05, 4.69) is 55.2 Å². The first-order valence-corrected chi connectivity index (χ1v) is 6.00. The zero-order valence-corrected chi connectivity index (χ0v) is 11.0. The highest BCUT2D eigenvalue weighted by atomic mass is 79.9. The molecule has 0 fully saturated rings. The number of tetrazole rings is 1. The average Bonchev–Trinajstić information content (AvgIpc) is 2.75. The van der Waals surface area contributed by atoms with Crippen LogP contribution in [0.2, 0.25) is 0 Å². The SMILES string of the molecule is CN(c1cncc2nnnn12)C(C)(C)CBr. The monoisotopic (exact) mass is 284 g/mol. The zero-order chi connectivity index (χ0) is 11.8. The molecule has 0 saturated carbocycles. The lowest BCUT2D eigenvalue weighted by Crippen LogP contribution is -2.43. The van der Waals surface area contributed by atoms with Crippen LogP contribution >= 0.6 is 15.9 Å². The largest absolute Gasteiger partial charge is 0.352 e. The van der Waals surface area contributed by atoms with Gasteiger partial charge < -0.3 is 4.90 Å². The van der Waals surface area contributed by atoms with Crippen molar-refractivity contribution >= 4 is 27.4 Å². The van der Waals surface area contributed by atoms with Gasteiger partial charge in [0.25, 0.3) is 0 Å². The fraction of sp³-hybridized carbons (Fsp3) is 0.556. The number of hydrogen-bond donors (Lipinski definition) is 0. The Kier molecular flexibility index (Phi) is 2.79. The van der Waals surface area contributed by atoms with Crippen LogP contribution in [0.1, 0.15) is 13.8 Å². The van der Waals surface area contributed by atoms with E-state index in [1.54, 1.807) is 16.9 Å². The molecule has 0 aliphatic rings. The second-order valence-electron chi connectivity index (χ2n) is 4.22. The highest BCUT2D eigenvalue weighted by Gasteiger charge is 2.24. The minimum absolute atomic E-state index is 0.0398. The van der Waals surface area contributed by atoms with Gasteiger partial charge in [-0.3, -0.25) is 4.98 Å². The number of rotatable bonds is 3. The number of halogens is 1. The lowest BCUT2D eigenvalue weighted by Gasteiger charge is -2.35. The molecule has 0 aliphatic carbocycles. The molecule has 0 saturated heterocycles. The van der Waals surface area contributed by atoms with E-state index in [0.717, 1.165) is 11.1 Å². The minimum Gasteiger partial charge on any atom is -0.352 e. The summed E-state index contributed by atoms with van der Waals surface area (Å²) >= 11 is 3.50. The van der Waals surface area contributed by atoms with Gasteiger partial charge in [0.1, 0.15) is 0 Å². The minimum atomic E-state index is -0.0398. The Morgan fingerprint density at radius 3 is 2.88 bits per heavy atom. The Morgan fingerprint density at radius 2 is 2.19 bits per heavy atom. The van der Waals surface area contributed by atoms with Crippen LogP contribution in [0.3, 0.4) is 0 Å². The van der Waals surface area contributed by atoms with Crippen molar-refractivity contribution in [2.75, 3.05) is 17.3 Å². The van der Waals surface area contributed by atoms with Crippen molar-refractivity contribution in [1.82, 2.24) is 25.0 Å². The van der Waals surface area contributed by atoms with Crippen LogP contribution in [-0.2, 0) is 0 Å². The molecule has 0 radical (unpaired) electrons. The Balaban J connectivity index is 2.51. The van der Waals surface area contributed by atoms with Crippen LogP contribution in [-0.4, -0.2) is 42.9 Å². The summed E-state index contributed by atoms with van der Waals surface area (Å²) in [6.07, 6.45) is 3.40. The van der Waals surface area contributed by atoms with Crippen LogP contribution < -0.4 is 4.90 Å². The van der Waals surface area contributed by atoms with Gasteiger partial charge in [-0.1, -0.05) is 15.9 Å². The van der Waals surface area contributed by atoms with Crippen molar-refractivity contribution in [3.8, 4) is 0 Å². The van der Waals surface area contributed by atoms with Gasteiger partial charge in [0.15, 0.2) is 11.5 Å². The van der Waals surface area contributed by atoms with Crippen molar-refractivity contribution in [2.45, 2.75) is 19.4 Å². The first kappa shape index (κ1) is 11.3. The maximum Gasteiger partial charge on any atom is 0.199 e. The summed E-state index contributed by atoms with van der Waals surface area (Å²) < 4.78 is 1.68. The van der Waals surface area contributed by atoms with Gasteiger partial charge in [0.2, 0.25) is 0 Å². The smallest absolute Gasteiger partial charge is 0.199 e. The molecule has 2 aromatic heterocycles. The molecular formula is C9H13BrN6. The third-order valence-corrected chi connectivity index (χ3v) is 4.04. The number of anilines is 1. The molecule has 0 N–H and O–H groups in total. The third kappa shape index (κ3) is 1.75. The van der Waals surface area contributed by atoms with Crippen LogP contribution in [0.4, 0.5) is 5.82 Å². The van der Waals surface area contributed by atoms with Crippen molar-refractivity contribution < 1.29 is 0 Å². The van der Waals surface area contributed by atoms with Crippen molar-refractivity contribution in [2.24, 2.45) is 0 Å². The molecule has 86 valence electrons. The molecule has 0 bridgehead atoms. The lowest BCUT2D eigenvalue weighted by molar-refractivity contribution is 0.539. The molecule has 0 aromatic carbocycles. The second kappa shape index (κ2) is 3.97. The molecule has 0 amide bonds. The van der Waals surface area contributed by atoms with E-state index in [1.807, 2.05) is 7.05 Å². The highest BCUT2D eigenvalue weighted by Crippen LogP contribution is 2.22. The summed E-state index contributed by atoms with van der Waals surface area (Å²) in [7, 11) is 2.00. The van der Waals surface area contributed by atoms with Crippen LogP contribution in [0.5, 0.6) is 0 Å². The highest BCUT2D eigenvalue weighted by molar-refractivity contribution is 9.09. The van der Waals surface area contributed by atoms with Gasteiger partial charge in [-0.2, -0.15) is 4.52 Å². The van der Waals surface area contributed by atoms with Gasteiger partial charge in [-0.15, -0.1) is 5.10 Å². The lowest BCUT2D eigenvalue weighted by atomic mass is 10.1. The first-order valence-electron chi connectivity index (χ1n) is 4.88. The van der Waals surface area contributed by atoms with Gasteiger partial charge in [0.05, 0.1) is 12.4 Å². The molecule has 7 heteroatoms. The van der Waals surface area contributed by atoms with E-state index >= 15 is 0 Å². The molecule has 2 aromatic rings. The fourth-order valence-electron chi connectivity index (χ4n) is 1.29. The molecular weight excluding hydrogens is 272 g/mol.